The molecule has 0 bridgehead atoms. The maximum Gasteiger partial charge on any atom is 0.263 e. The maximum absolute atomic E-state index is 12.4. The number of thiophene rings is 1. The molecular weight excluding hydrogens is 316 g/mol. The number of hydrogen-bond donors (Lipinski definition) is 2. The van der Waals surface area contributed by atoms with E-state index >= 15 is 0 Å². The minimum atomic E-state index is -3.60. The highest BCUT2D eigenvalue weighted by Gasteiger charge is 2.20. The summed E-state index contributed by atoms with van der Waals surface area (Å²) in [6.07, 6.45) is 0. The maximum atomic E-state index is 12.4. The first-order valence-corrected chi connectivity index (χ1v) is 8.68. The van der Waals surface area contributed by atoms with E-state index in [0.29, 0.717) is 27.7 Å². The molecule has 108 valence electrons. The molecule has 0 saturated carbocycles. The number of nitrogens with one attached hydrogen (secondary N) is 2. The minimum absolute atomic E-state index is 0.302. The molecule has 1 aromatic heterocycles. The van der Waals surface area contributed by atoms with Crippen molar-refractivity contribution in [1.82, 2.24) is 5.32 Å². The summed E-state index contributed by atoms with van der Waals surface area (Å²) >= 11 is 7.42. The van der Waals surface area contributed by atoms with Crippen molar-refractivity contribution in [2.24, 2.45) is 0 Å². The summed E-state index contributed by atoms with van der Waals surface area (Å²) < 4.78 is 27.5. The van der Waals surface area contributed by atoms with E-state index in [1.54, 1.807) is 43.6 Å². The van der Waals surface area contributed by atoms with E-state index in [4.69, 9.17) is 11.6 Å². The number of sulfonamides is 1. The van der Waals surface area contributed by atoms with Gasteiger partial charge in [-0.2, -0.15) is 0 Å². The number of anilines is 1. The fourth-order valence-electron chi connectivity index (χ4n) is 1.78. The zero-order chi connectivity index (χ0) is 14.8. The smallest absolute Gasteiger partial charge is 0.263 e. The normalized spacial score (nSPS) is 11.6. The first-order valence-electron chi connectivity index (χ1n) is 5.94. The van der Waals surface area contributed by atoms with Gasteiger partial charge in [0, 0.05) is 16.4 Å². The number of rotatable bonds is 5. The molecule has 0 radical (unpaired) electrons. The van der Waals surface area contributed by atoms with Gasteiger partial charge in [-0.25, -0.2) is 8.42 Å². The molecule has 0 atom stereocenters. The zero-order valence-electron chi connectivity index (χ0n) is 11.1. The van der Waals surface area contributed by atoms with Crippen molar-refractivity contribution in [2.75, 3.05) is 11.8 Å². The standard InChI is InChI=1S/C13H15ClN2O2S2/c1-9-10(14)4-3-5-11(9)16-20(17,18)13-6-7-19-12(13)8-15-2/h3-7,15-16H,8H2,1-2H3. The molecule has 2 aromatic rings. The molecule has 1 heterocycles. The second-order valence-corrected chi connectivity index (χ2v) is 7.31. The monoisotopic (exact) mass is 330 g/mol. The molecular formula is C13H15ClN2O2S2. The lowest BCUT2D eigenvalue weighted by Gasteiger charge is -2.11. The predicted molar refractivity (Wildman–Crippen MR) is 84.1 cm³/mol. The second kappa shape index (κ2) is 6.13. The van der Waals surface area contributed by atoms with Gasteiger partial charge in [0.2, 0.25) is 0 Å². The minimum Gasteiger partial charge on any atom is -0.315 e. The van der Waals surface area contributed by atoms with Crippen LogP contribution in [0, 0.1) is 6.92 Å². The molecule has 0 unspecified atom stereocenters. The molecule has 0 fully saturated rings. The van der Waals surface area contributed by atoms with Crippen molar-refractivity contribution < 1.29 is 8.42 Å². The largest absolute Gasteiger partial charge is 0.315 e. The van der Waals surface area contributed by atoms with Crippen LogP contribution in [0.4, 0.5) is 5.69 Å². The highest BCUT2D eigenvalue weighted by molar-refractivity contribution is 7.93. The van der Waals surface area contributed by atoms with Crippen LogP contribution in [0.25, 0.3) is 0 Å². The topological polar surface area (TPSA) is 58.2 Å². The van der Waals surface area contributed by atoms with E-state index < -0.39 is 10.0 Å². The third-order valence-electron chi connectivity index (χ3n) is 2.84. The molecule has 7 heteroatoms. The van der Waals surface area contributed by atoms with Crippen LogP contribution >= 0.6 is 22.9 Å². The van der Waals surface area contributed by atoms with Crippen LogP contribution < -0.4 is 10.0 Å². The average molecular weight is 331 g/mol. The van der Waals surface area contributed by atoms with Gasteiger partial charge in [0.05, 0.1) is 5.69 Å². The molecule has 0 amide bonds. The Labute approximate surface area is 127 Å². The molecule has 0 spiro atoms. The quantitative estimate of drug-likeness (QED) is 0.885. The van der Waals surface area contributed by atoms with Crippen molar-refractivity contribution in [3.8, 4) is 0 Å². The SMILES string of the molecule is CNCc1sccc1S(=O)(=O)Nc1cccc(Cl)c1C. The average Bonchev–Trinajstić information content (AvgIpc) is 2.84. The van der Waals surface area contributed by atoms with Gasteiger partial charge in [0.25, 0.3) is 10.0 Å². The van der Waals surface area contributed by atoms with Crippen LogP contribution in [0.2, 0.25) is 5.02 Å². The fourth-order valence-corrected chi connectivity index (χ4v) is 4.53. The Morgan fingerprint density at radius 1 is 1.30 bits per heavy atom. The lowest BCUT2D eigenvalue weighted by molar-refractivity contribution is 0.600. The van der Waals surface area contributed by atoms with Gasteiger partial charge in [-0.1, -0.05) is 17.7 Å². The first kappa shape index (κ1) is 15.3. The Balaban J connectivity index is 2.36. The van der Waals surface area contributed by atoms with Crippen molar-refractivity contribution in [3.05, 3.63) is 45.1 Å². The molecule has 0 aliphatic rings. The molecule has 1 aromatic carbocycles. The third kappa shape index (κ3) is 3.15. The van der Waals surface area contributed by atoms with E-state index in [0.717, 1.165) is 4.88 Å². The lowest BCUT2D eigenvalue weighted by Crippen LogP contribution is -2.16. The van der Waals surface area contributed by atoms with Crippen LogP contribution in [0.15, 0.2) is 34.5 Å². The van der Waals surface area contributed by atoms with E-state index in [-0.39, 0.29) is 0 Å². The lowest BCUT2D eigenvalue weighted by atomic mass is 10.2. The van der Waals surface area contributed by atoms with Gasteiger partial charge in [-0.15, -0.1) is 11.3 Å². The van der Waals surface area contributed by atoms with Crippen molar-refractivity contribution >= 4 is 38.6 Å². The predicted octanol–water partition coefficient (Wildman–Crippen LogP) is 3.23. The van der Waals surface area contributed by atoms with E-state index in [1.807, 2.05) is 0 Å². The summed E-state index contributed by atoms with van der Waals surface area (Å²) in [7, 11) is -1.82. The van der Waals surface area contributed by atoms with Gasteiger partial charge < -0.3 is 5.32 Å². The molecule has 0 aliphatic carbocycles. The molecule has 0 saturated heterocycles. The molecule has 20 heavy (non-hydrogen) atoms. The molecule has 2 N–H and O–H groups in total. The Morgan fingerprint density at radius 2 is 2.05 bits per heavy atom. The van der Waals surface area contributed by atoms with Gasteiger partial charge in [-0.3, -0.25) is 4.72 Å². The summed E-state index contributed by atoms with van der Waals surface area (Å²) in [6, 6.07) is 6.75. The first-order chi connectivity index (χ1) is 9.45. The van der Waals surface area contributed by atoms with Crippen LogP contribution in [0.1, 0.15) is 10.4 Å². The van der Waals surface area contributed by atoms with E-state index in [2.05, 4.69) is 10.0 Å². The summed E-state index contributed by atoms with van der Waals surface area (Å²) in [4.78, 5) is 1.08. The Bertz CT molecular complexity index is 711. The third-order valence-corrected chi connectivity index (χ3v) is 5.75. The highest BCUT2D eigenvalue weighted by Crippen LogP contribution is 2.28. The molecule has 4 nitrogen and oxygen atoms in total. The molecule has 0 aliphatic heterocycles. The second-order valence-electron chi connectivity index (χ2n) is 4.26. The number of halogens is 1. The van der Waals surface area contributed by atoms with Crippen molar-refractivity contribution in [2.45, 2.75) is 18.4 Å². The summed E-state index contributed by atoms with van der Waals surface area (Å²) in [5, 5.41) is 5.27. The Hall–Kier alpha value is -1.08. The van der Waals surface area contributed by atoms with Gasteiger partial charge in [0.1, 0.15) is 4.90 Å². The van der Waals surface area contributed by atoms with Crippen molar-refractivity contribution in [3.63, 3.8) is 0 Å². The summed E-state index contributed by atoms with van der Waals surface area (Å²) in [5.41, 5.74) is 1.21. The van der Waals surface area contributed by atoms with Crippen LogP contribution in [0.5, 0.6) is 0 Å². The summed E-state index contributed by atoms with van der Waals surface area (Å²) in [5.74, 6) is 0. The van der Waals surface area contributed by atoms with Crippen LogP contribution in [-0.4, -0.2) is 15.5 Å². The Morgan fingerprint density at radius 3 is 2.75 bits per heavy atom. The number of hydrogen-bond acceptors (Lipinski definition) is 4. The van der Waals surface area contributed by atoms with E-state index in [9.17, 15) is 8.42 Å². The highest BCUT2D eigenvalue weighted by atomic mass is 35.5. The van der Waals surface area contributed by atoms with Crippen LogP contribution in [0.3, 0.4) is 0 Å². The number of benzene rings is 1. The van der Waals surface area contributed by atoms with Crippen LogP contribution in [-0.2, 0) is 16.6 Å². The molecule has 2 rings (SSSR count). The fraction of sp³-hybridized carbons (Fsp3) is 0.231. The summed E-state index contributed by atoms with van der Waals surface area (Å²) in [6.45, 7) is 2.30. The van der Waals surface area contributed by atoms with E-state index in [1.165, 1.54) is 11.3 Å². The Kier molecular flexibility index (Phi) is 4.70. The van der Waals surface area contributed by atoms with Gasteiger partial charge >= 0.3 is 0 Å². The van der Waals surface area contributed by atoms with Gasteiger partial charge in [-0.05, 0) is 43.1 Å². The van der Waals surface area contributed by atoms with Crippen molar-refractivity contribution in [1.29, 1.82) is 0 Å². The zero-order valence-corrected chi connectivity index (χ0v) is 13.5. The van der Waals surface area contributed by atoms with Gasteiger partial charge in [0.15, 0.2) is 0 Å².